The molecule has 1 amide bonds. The Labute approximate surface area is 184 Å². The van der Waals surface area contributed by atoms with Crippen LogP contribution in [0, 0.1) is 20.8 Å². The van der Waals surface area contributed by atoms with Crippen LogP contribution in [-0.2, 0) is 16.6 Å². The number of carbonyl (C=O) groups excluding carboxylic acids is 1. The van der Waals surface area contributed by atoms with E-state index in [1.807, 2.05) is 19.9 Å². The van der Waals surface area contributed by atoms with Crippen molar-refractivity contribution in [1.29, 1.82) is 0 Å². The first kappa shape index (κ1) is 21.7. The maximum Gasteiger partial charge on any atom is 0.259 e. The number of pyridine rings is 1. The summed E-state index contributed by atoms with van der Waals surface area (Å²) in [6, 6.07) is 9.91. The van der Waals surface area contributed by atoms with Crippen LogP contribution in [0.5, 0.6) is 0 Å². The molecule has 0 fully saturated rings. The smallest absolute Gasteiger partial charge is 0.259 e. The summed E-state index contributed by atoms with van der Waals surface area (Å²) in [5.74, 6) is 1.06. The number of rotatable bonds is 6. The third-order valence-corrected chi connectivity index (χ3v) is 6.52. The van der Waals surface area contributed by atoms with Gasteiger partial charge in [0.2, 0.25) is 10.0 Å². The molecule has 3 heterocycles. The minimum atomic E-state index is -3.58. The van der Waals surface area contributed by atoms with Crippen molar-refractivity contribution in [3.63, 3.8) is 0 Å². The number of aryl methyl sites for hydroxylation is 3. The Kier molecular flexibility index (Phi) is 5.57. The van der Waals surface area contributed by atoms with Gasteiger partial charge in [-0.25, -0.2) is 18.1 Å². The van der Waals surface area contributed by atoms with Gasteiger partial charge in [-0.15, -0.1) is 0 Å². The van der Waals surface area contributed by atoms with Crippen molar-refractivity contribution in [3.05, 3.63) is 64.7 Å². The van der Waals surface area contributed by atoms with Gasteiger partial charge in [0.25, 0.3) is 11.6 Å². The average molecular weight is 455 g/mol. The summed E-state index contributed by atoms with van der Waals surface area (Å²) in [6.45, 7) is 5.54. The first-order valence-corrected chi connectivity index (χ1v) is 11.3. The van der Waals surface area contributed by atoms with Crippen molar-refractivity contribution in [2.24, 2.45) is 0 Å². The second-order valence-corrected chi connectivity index (χ2v) is 9.25. The molecule has 166 valence electrons. The normalized spacial score (nSPS) is 11.8. The summed E-state index contributed by atoms with van der Waals surface area (Å²) in [5.41, 5.74) is 3.11. The molecule has 0 saturated carbocycles. The first-order valence-electron chi connectivity index (χ1n) is 9.84. The van der Waals surface area contributed by atoms with Gasteiger partial charge in [-0.05, 0) is 57.6 Å². The molecule has 10 heteroatoms. The second kappa shape index (κ2) is 8.21. The van der Waals surface area contributed by atoms with E-state index in [-0.39, 0.29) is 23.1 Å². The molecule has 1 aromatic carbocycles. The Morgan fingerprint density at radius 3 is 2.59 bits per heavy atom. The molecule has 0 aliphatic heterocycles. The van der Waals surface area contributed by atoms with Crippen molar-refractivity contribution in [3.8, 4) is 11.3 Å². The number of sulfonamides is 1. The molecule has 0 unspecified atom stereocenters. The van der Waals surface area contributed by atoms with Crippen molar-refractivity contribution < 1.29 is 22.2 Å². The first-order chi connectivity index (χ1) is 15.2. The highest BCUT2D eigenvalue weighted by Gasteiger charge is 2.21. The SMILES string of the molecule is CNS(=O)(=O)c1cccc(CNC(=O)c2cc(-c3cc(C)oc3C)nc3onc(C)c23)c1. The topological polar surface area (TPSA) is 127 Å². The molecular formula is C22H22N4O5S. The molecule has 0 radical (unpaired) electrons. The molecule has 32 heavy (non-hydrogen) atoms. The number of amides is 1. The van der Waals surface area contributed by atoms with Gasteiger partial charge in [0.1, 0.15) is 11.5 Å². The molecule has 0 aliphatic rings. The zero-order chi connectivity index (χ0) is 23.0. The predicted octanol–water partition coefficient (Wildman–Crippen LogP) is 3.25. The van der Waals surface area contributed by atoms with Crippen LogP contribution in [0.15, 0.2) is 50.2 Å². The van der Waals surface area contributed by atoms with E-state index < -0.39 is 10.0 Å². The van der Waals surface area contributed by atoms with Crippen LogP contribution in [0.4, 0.5) is 0 Å². The van der Waals surface area contributed by atoms with E-state index in [2.05, 4.69) is 20.2 Å². The Morgan fingerprint density at radius 2 is 1.91 bits per heavy atom. The highest BCUT2D eigenvalue weighted by atomic mass is 32.2. The lowest BCUT2D eigenvalue weighted by Gasteiger charge is -2.09. The number of benzene rings is 1. The maximum atomic E-state index is 13.1. The van der Waals surface area contributed by atoms with E-state index >= 15 is 0 Å². The molecule has 0 spiro atoms. The molecule has 4 rings (SSSR count). The number of carbonyl (C=O) groups is 1. The Balaban J connectivity index is 1.67. The number of hydrogen-bond donors (Lipinski definition) is 2. The average Bonchev–Trinajstić information content (AvgIpc) is 3.32. The summed E-state index contributed by atoms with van der Waals surface area (Å²) in [5, 5.41) is 7.32. The minimum absolute atomic E-state index is 0.126. The number of hydrogen-bond acceptors (Lipinski definition) is 7. The van der Waals surface area contributed by atoms with Gasteiger partial charge >= 0.3 is 0 Å². The second-order valence-electron chi connectivity index (χ2n) is 7.37. The van der Waals surface area contributed by atoms with Crippen molar-refractivity contribution >= 4 is 27.0 Å². The van der Waals surface area contributed by atoms with Crippen LogP contribution >= 0.6 is 0 Å². The van der Waals surface area contributed by atoms with Crippen LogP contribution in [0.25, 0.3) is 22.4 Å². The fraction of sp³-hybridized carbons (Fsp3) is 0.227. The molecule has 2 N–H and O–H groups in total. The largest absolute Gasteiger partial charge is 0.466 e. The summed E-state index contributed by atoms with van der Waals surface area (Å²) >= 11 is 0. The Morgan fingerprint density at radius 1 is 1.12 bits per heavy atom. The summed E-state index contributed by atoms with van der Waals surface area (Å²) < 4.78 is 37.3. The lowest BCUT2D eigenvalue weighted by molar-refractivity contribution is 0.0952. The fourth-order valence-electron chi connectivity index (χ4n) is 3.51. The van der Waals surface area contributed by atoms with Crippen LogP contribution in [0.1, 0.15) is 33.1 Å². The van der Waals surface area contributed by atoms with Gasteiger partial charge < -0.3 is 14.3 Å². The molecule has 0 saturated heterocycles. The van der Waals surface area contributed by atoms with Crippen molar-refractivity contribution in [2.75, 3.05) is 7.05 Å². The molecular weight excluding hydrogens is 432 g/mol. The maximum absolute atomic E-state index is 13.1. The van der Waals surface area contributed by atoms with E-state index in [0.29, 0.717) is 33.7 Å². The monoisotopic (exact) mass is 454 g/mol. The van der Waals surface area contributed by atoms with Gasteiger partial charge in [-0.2, -0.15) is 0 Å². The van der Waals surface area contributed by atoms with Gasteiger partial charge in [-0.1, -0.05) is 17.3 Å². The number of aromatic nitrogens is 2. The van der Waals surface area contributed by atoms with E-state index in [1.165, 1.54) is 19.2 Å². The van der Waals surface area contributed by atoms with Crippen LogP contribution in [0.2, 0.25) is 0 Å². The minimum Gasteiger partial charge on any atom is -0.466 e. The fourth-order valence-corrected chi connectivity index (χ4v) is 4.31. The Bertz CT molecular complexity index is 1440. The van der Waals surface area contributed by atoms with E-state index in [1.54, 1.807) is 25.1 Å². The van der Waals surface area contributed by atoms with Gasteiger partial charge in [0.05, 0.1) is 27.2 Å². The Hall–Kier alpha value is -3.50. The number of nitrogens with one attached hydrogen (secondary N) is 2. The summed E-state index contributed by atoms with van der Waals surface area (Å²) in [6.07, 6.45) is 0. The van der Waals surface area contributed by atoms with E-state index in [9.17, 15) is 13.2 Å². The van der Waals surface area contributed by atoms with Gasteiger partial charge in [0.15, 0.2) is 0 Å². The highest BCUT2D eigenvalue weighted by Crippen LogP contribution is 2.30. The van der Waals surface area contributed by atoms with E-state index in [4.69, 9.17) is 8.94 Å². The predicted molar refractivity (Wildman–Crippen MR) is 118 cm³/mol. The highest BCUT2D eigenvalue weighted by molar-refractivity contribution is 7.89. The molecule has 0 bridgehead atoms. The van der Waals surface area contributed by atoms with Gasteiger partial charge in [0, 0.05) is 12.1 Å². The zero-order valence-corrected chi connectivity index (χ0v) is 18.8. The van der Waals surface area contributed by atoms with Crippen molar-refractivity contribution in [1.82, 2.24) is 20.2 Å². The van der Waals surface area contributed by atoms with Crippen molar-refractivity contribution in [2.45, 2.75) is 32.2 Å². The molecule has 3 aromatic heterocycles. The zero-order valence-electron chi connectivity index (χ0n) is 18.0. The third kappa shape index (κ3) is 4.02. The van der Waals surface area contributed by atoms with Crippen LogP contribution in [-0.4, -0.2) is 31.5 Å². The van der Waals surface area contributed by atoms with Crippen LogP contribution < -0.4 is 10.0 Å². The summed E-state index contributed by atoms with van der Waals surface area (Å²) in [4.78, 5) is 17.8. The standard InChI is InChI=1S/C22H22N4O5S/c1-12-8-17(14(3)30-12)19-10-18(20-13(2)26-31-22(20)25-19)21(27)24-11-15-6-5-7-16(9-15)32(28,29)23-4/h5-10,23H,11H2,1-4H3,(H,24,27). The number of fused-ring (bicyclic) bond motifs is 1. The molecule has 4 aromatic rings. The lowest BCUT2D eigenvalue weighted by Crippen LogP contribution is -2.24. The molecule has 9 nitrogen and oxygen atoms in total. The molecule has 0 atom stereocenters. The number of nitrogens with zero attached hydrogens (tertiary/aromatic N) is 2. The van der Waals surface area contributed by atoms with Crippen LogP contribution in [0.3, 0.4) is 0 Å². The third-order valence-electron chi connectivity index (χ3n) is 5.11. The van der Waals surface area contributed by atoms with Gasteiger partial charge in [-0.3, -0.25) is 4.79 Å². The molecule has 0 aliphatic carbocycles. The summed E-state index contributed by atoms with van der Waals surface area (Å²) in [7, 11) is -2.23. The quantitative estimate of drug-likeness (QED) is 0.458. The van der Waals surface area contributed by atoms with E-state index in [0.717, 1.165) is 11.3 Å². The number of furan rings is 1. The lowest BCUT2D eigenvalue weighted by atomic mass is 10.1.